The van der Waals surface area contributed by atoms with E-state index in [-0.39, 0.29) is 18.3 Å². The van der Waals surface area contributed by atoms with E-state index in [1.807, 2.05) is 13.8 Å². The molecule has 2 N–H and O–H groups in total. The van der Waals surface area contributed by atoms with Crippen molar-refractivity contribution in [3.63, 3.8) is 0 Å². The number of hydrogen-bond acceptors (Lipinski definition) is 2. The van der Waals surface area contributed by atoms with Crippen LogP contribution in [0.1, 0.15) is 46.0 Å². The lowest BCUT2D eigenvalue weighted by Gasteiger charge is -2.15. The molecular weight excluding hydrogens is 196 g/mol. The van der Waals surface area contributed by atoms with Gasteiger partial charge in [0.05, 0.1) is 5.92 Å². The largest absolute Gasteiger partial charge is 0.481 e. The van der Waals surface area contributed by atoms with Crippen molar-refractivity contribution in [3.05, 3.63) is 0 Å². The van der Waals surface area contributed by atoms with Crippen LogP contribution in [0.3, 0.4) is 0 Å². The standard InChI is InChI=1S/C11H20O4/c1-8(2)9(11(14)15)6-4-3-5-7-10(12)13/h8-9H,3-7H2,1-2H3,(H,12,13)(H,14,15). The van der Waals surface area contributed by atoms with E-state index in [0.717, 1.165) is 12.8 Å². The van der Waals surface area contributed by atoms with Crippen molar-refractivity contribution >= 4 is 11.9 Å². The van der Waals surface area contributed by atoms with Crippen LogP contribution in [0.2, 0.25) is 0 Å². The molecule has 0 spiro atoms. The molecule has 0 rings (SSSR count). The van der Waals surface area contributed by atoms with E-state index in [4.69, 9.17) is 10.2 Å². The van der Waals surface area contributed by atoms with E-state index in [1.54, 1.807) is 0 Å². The molecule has 1 atom stereocenters. The van der Waals surface area contributed by atoms with Gasteiger partial charge in [0, 0.05) is 6.42 Å². The average Bonchev–Trinajstić information content (AvgIpc) is 2.08. The number of hydrogen-bond donors (Lipinski definition) is 2. The Morgan fingerprint density at radius 1 is 1.07 bits per heavy atom. The maximum atomic E-state index is 10.8. The van der Waals surface area contributed by atoms with Gasteiger partial charge < -0.3 is 10.2 Å². The van der Waals surface area contributed by atoms with Gasteiger partial charge >= 0.3 is 11.9 Å². The topological polar surface area (TPSA) is 74.6 Å². The molecule has 0 aromatic rings. The van der Waals surface area contributed by atoms with Crippen molar-refractivity contribution in [1.29, 1.82) is 0 Å². The van der Waals surface area contributed by atoms with Crippen LogP contribution in [-0.2, 0) is 9.59 Å². The monoisotopic (exact) mass is 216 g/mol. The molecular formula is C11H20O4. The summed E-state index contributed by atoms with van der Waals surface area (Å²) in [6.07, 6.45) is 3.05. The molecule has 4 nitrogen and oxygen atoms in total. The van der Waals surface area contributed by atoms with Crippen molar-refractivity contribution < 1.29 is 19.8 Å². The molecule has 0 aromatic heterocycles. The molecule has 0 aliphatic carbocycles. The number of carboxylic acids is 2. The highest BCUT2D eigenvalue weighted by molar-refractivity contribution is 5.70. The Morgan fingerprint density at radius 2 is 1.67 bits per heavy atom. The van der Waals surface area contributed by atoms with Gasteiger partial charge in [0.25, 0.3) is 0 Å². The fourth-order valence-corrected chi connectivity index (χ4v) is 1.56. The predicted octanol–water partition coefficient (Wildman–Crippen LogP) is 2.38. The summed E-state index contributed by atoms with van der Waals surface area (Å²) in [5.41, 5.74) is 0. The first-order chi connectivity index (χ1) is 6.95. The van der Waals surface area contributed by atoms with Crippen molar-refractivity contribution in [1.82, 2.24) is 0 Å². The van der Waals surface area contributed by atoms with Crippen molar-refractivity contribution in [2.75, 3.05) is 0 Å². The van der Waals surface area contributed by atoms with Crippen molar-refractivity contribution in [2.24, 2.45) is 11.8 Å². The smallest absolute Gasteiger partial charge is 0.306 e. The minimum atomic E-state index is -0.784. The zero-order valence-electron chi connectivity index (χ0n) is 9.40. The maximum Gasteiger partial charge on any atom is 0.306 e. The van der Waals surface area contributed by atoms with Gasteiger partial charge in [-0.3, -0.25) is 9.59 Å². The van der Waals surface area contributed by atoms with Gasteiger partial charge in [-0.15, -0.1) is 0 Å². The Labute approximate surface area is 90.3 Å². The third-order valence-corrected chi connectivity index (χ3v) is 2.53. The lowest BCUT2D eigenvalue weighted by molar-refractivity contribution is -0.143. The Kier molecular flexibility index (Phi) is 6.75. The fourth-order valence-electron chi connectivity index (χ4n) is 1.56. The highest BCUT2D eigenvalue weighted by Gasteiger charge is 2.20. The molecule has 0 heterocycles. The maximum absolute atomic E-state index is 10.8. The first-order valence-electron chi connectivity index (χ1n) is 5.39. The molecule has 0 saturated heterocycles. The second-order valence-electron chi connectivity index (χ2n) is 4.18. The quantitative estimate of drug-likeness (QED) is 0.611. The second-order valence-corrected chi connectivity index (χ2v) is 4.18. The van der Waals surface area contributed by atoms with E-state index in [1.165, 1.54) is 0 Å². The molecule has 1 unspecified atom stereocenters. The molecule has 15 heavy (non-hydrogen) atoms. The molecule has 0 fully saturated rings. The zero-order valence-corrected chi connectivity index (χ0v) is 9.40. The lowest BCUT2D eigenvalue weighted by atomic mass is 9.90. The number of carbonyl (C=O) groups is 2. The first-order valence-corrected chi connectivity index (χ1v) is 5.39. The first kappa shape index (κ1) is 13.9. The number of unbranched alkanes of at least 4 members (excludes halogenated alkanes) is 2. The summed E-state index contributed by atoms with van der Waals surface area (Å²) in [5.74, 6) is -1.69. The van der Waals surface area contributed by atoms with Crippen LogP contribution in [0.4, 0.5) is 0 Å². The van der Waals surface area contributed by atoms with E-state index in [2.05, 4.69) is 0 Å². The summed E-state index contributed by atoms with van der Waals surface area (Å²) in [6, 6.07) is 0. The highest BCUT2D eigenvalue weighted by atomic mass is 16.4. The minimum Gasteiger partial charge on any atom is -0.481 e. The van der Waals surface area contributed by atoms with Crippen LogP contribution in [-0.4, -0.2) is 22.2 Å². The van der Waals surface area contributed by atoms with Crippen LogP contribution in [0.5, 0.6) is 0 Å². The Morgan fingerprint density at radius 3 is 2.07 bits per heavy atom. The van der Waals surface area contributed by atoms with Gasteiger partial charge in [-0.1, -0.05) is 26.7 Å². The molecule has 0 aliphatic heterocycles. The molecule has 88 valence electrons. The number of rotatable bonds is 8. The van der Waals surface area contributed by atoms with E-state index < -0.39 is 11.9 Å². The van der Waals surface area contributed by atoms with Gasteiger partial charge in [0.1, 0.15) is 0 Å². The van der Waals surface area contributed by atoms with Gasteiger partial charge in [-0.2, -0.15) is 0 Å². The highest BCUT2D eigenvalue weighted by Crippen LogP contribution is 2.19. The summed E-state index contributed by atoms with van der Waals surface area (Å²) in [5, 5.41) is 17.3. The summed E-state index contributed by atoms with van der Waals surface area (Å²) in [4.78, 5) is 21.0. The van der Waals surface area contributed by atoms with Gasteiger partial charge in [-0.05, 0) is 18.8 Å². The van der Waals surface area contributed by atoms with Crippen LogP contribution in [0, 0.1) is 11.8 Å². The van der Waals surface area contributed by atoms with Crippen molar-refractivity contribution in [2.45, 2.75) is 46.0 Å². The zero-order chi connectivity index (χ0) is 11.8. The Balaban J connectivity index is 3.63. The molecule has 0 amide bonds. The Bertz CT molecular complexity index is 211. The van der Waals surface area contributed by atoms with E-state index >= 15 is 0 Å². The summed E-state index contributed by atoms with van der Waals surface area (Å²) in [7, 11) is 0. The lowest BCUT2D eigenvalue weighted by Crippen LogP contribution is -2.19. The molecule has 4 heteroatoms. The molecule has 0 saturated carbocycles. The van der Waals surface area contributed by atoms with Gasteiger partial charge in [0.15, 0.2) is 0 Å². The minimum absolute atomic E-state index is 0.141. The summed E-state index contributed by atoms with van der Waals surface area (Å²) in [6.45, 7) is 3.80. The normalized spacial score (nSPS) is 12.7. The fraction of sp³-hybridized carbons (Fsp3) is 0.818. The molecule has 0 bridgehead atoms. The second kappa shape index (κ2) is 7.26. The van der Waals surface area contributed by atoms with Crippen LogP contribution in [0.15, 0.2) is 0 Å². The predicted molar refractivity (Wildman–Crippen MR) is 56.7 cm³/mol. The average molecular weight is 216 g/mol. The third kappa shape index (κ3) is 6.94. The molecule has 0 aliphatic rings. The van der Waals surface area contributed by atoms with Crippen LogP contribution in [0.25, 0.3) is 0 Å². The van der Waals surface area contributed by atoms with Crippen LogP contribution >= 0.6 is 0 Å². The number of aliphatic carboxylic acids is 2. The number of carboxylic acid groups (broad SMARTS) is 2. The molecule has 0 radical (unpaired) electrons. The summed E-state index contributed by atoms with van der Waals surface area (Å²) < 4.78 is 0. The van der Waals surface area contributed by atoms with E-state index in [9.17, 15) is 9.59 Å². The van der Waals surface area contributed by atoms with Gasteiger partial charge in [0.2, 0.25) is 0 Å². The van der Waals surface area contributed by atoms with Crippen LogP contribution < -0.4 is 0 Å². The van der Waals surface area contributed by atoms with Crippen molar-refractivity contribution in [3.8, 4) is 0 Å². The Hall–Kier alpha value is -1.06. The van der Waals surface area contributed by atoms with Gasteiger partial charge in [-0.25, -0.2) is 0 Å². The SMILES string of the molecule is CC(C)C(CCCCCC(=O)O)C(=O)O. The summed E-state index contributed by atoms with van der Waals surface area (Å²) >= 11 is 0. The molecule has 0 aromatic carbocycles. The van der Waals surface area contributed by atoms with E-state index in [0.29, 0.717) is 12.8 Å². The third-order valence-electron chi connectivity index (χ3n) is 2.53.